The fourth-order valence-corrected chi connectivity index (χ4v) is 1.92. The molecule has 0 aromatic heterocycles. The first-order valence-corrected chi connectivity index (χ1v) is 6.61. The van der Waals surface area contributed by atoms with Crippen molar-refractivity contribution in [1.29, 1.82) is 0 Å². The molecule has 0 aliphatic rings. The van der Waals surface area contributed by atoms with E-state index in [1.54, 1.807) is 12.1 Å². The van der Waals surface area contributed by atoms with Crippen LogP contribution < -0.4 is 15.8 Å². The van der Waals surface area contributed by atoms with Gasteiger partial charge in [-0.05, 0) is 30.3 Å². The van der Waals surface area contributed by atoms with Crippen LogP contribution in [0.2, 0.25) is 5.02 Å². The van der Waals surface area contributed by atoms with E-state index < -0.39 is 17.6 Å². The van der Waals surface area contributed by atoms with Gasteiger partial charge in [-0.3, -0.25) is 9.59 Å². The molecular formula is C15H12ClFN2O3. The molecular weight excluding hydrogens is 311 g/mol. The number of halogens is 2. The minimum absolute atomic E-state index is 0.0730. The number of primary amides is 1. The van der Waals surface area contributed by atoms with Crippen molar-refractivity contribution in [1.82, 2.24) is 0 Å². The number of nitrogens with two attached hydrogens (primary N) is 1. The molecule has 22 heavy (non-hydrogen) atoms. The highest BCUT2D eigenvalue weighted by Crippen LogP contribution is 2.25. The Morgan fingerprint density at radius 2 is 1.95 bits per heavy atom. The number of hydrogen-bond donors (Lipinski definition) is 2. The number of rotatable bonds is 5. The van der Waals surface area contributed by atoms with Gasteiger partial charge < -0.3 is 15.8 Å². The number of carbonyl (C=O) groups is 2. The summed E-state index contributed by atoms with van der Waals surface area (Å²) in [7, 11) is 0. The Bertz CT molecular complexity index is 722. The SMILES string of the molecule is NC(=O)COc1ccccc1C(=O)Nc1ccc(F)cc1Cl. The second-order valence-electron chi connectivity index (χ2n) is 4.33. The molecule has 0 heterocycles. The maximum absolute atomic E-state index is 13.0. The summed E-state index contributed by atoms with van der Waals surface area (Å²) in [4.78, 5) is 23.0. The smallest absolute Gasteiger partial charge is 0.259 e. The molecule has 7 heteroatoms. The summed E-state index contributed by atoms with van der Waals surface area (Å²) in [6, 6.07) is 9.95. The van der Waals surface area contributed by atoms with Crippen molar-refractivity contribution in [3.63, 3.8) is 0 Å². The number of hydrogen-bond acceptors (Lipinski definition) is 3. The van der Waals surface area contributed by atoms with Crippen molar-refractivity contribution in [2.75, 3.05) is 11.9 Å². The predicted molar refractivity (Wildman–Crippen MR) is 80.5 cm³/mol. The quantitative estimate of drug-likeness (QED) is 0.887. The number of anilines is 1. The lowest BCUT2D eigenvalue weighted by Crippen LogP contribution is -2.21. The monoisotopic (exact) mass is 322 g/mol. The van der Waals surface area contributed by atoms with E-state index in [1.807, 2.05) is 0 Å². The third-order valence-electron chi connectivity index (χ3n) is 2.68. The largest absolute Gasteiger partial charge is 0.483 e. The van der Waals surface area contributed by atoms with Crippen molar-refractivity contribution in [3.8, 4) is 5.75 Å². The van der Waals surface area contributed by atoms with E-state index >= 15 is 0 Å². The first kappa shape index (κ1) is 15.8. The van der Waals surface area contributed by atoms with Gasteiger partial charge in [-0.1, -0.05) is 23.7 Å². The number of carbonyl (C=O) groups excluding carboxylic acids is 2. The number of ether oxygens (including phenoxy) is 1. The average Bonchev–Trinajstić information content (AvgIpc) is 2.48. The Labute approximate surface area is 130 Å². The summed E-state index contributed by atoms with van der Waals surface area (Å²) in [6.45, 7) is -0.346. The Balaban J connectivity index is 2.20. The summed E-state index contributed by atoms with van der Waals surface area (Å²) in [5, 5.41) is 2.62. The molecule has 0 radical (unpaired) electrons. The number of amides is 2. The van der Waals surface area contributed by atoms with Crippen molar-refractivity contribution in [2.24, 2.45) is 5.73 Å². The lowest BCUT2D eigenvalue weighted by atomic mass is 10.2. The lowest BCUT2D eigenvalue weighted by Gasteiger charge is -2.11. The number of benzene rings is 2. The van der Waals surface area contributed by atoms with Gasteiger partial charge in [0.1, 0.15) is 11.6 Å². The van der Waals surface area contributed by atoms with Gasteiger partial charge in [-0.15, -0.1) is 0 Å². The molecule has 0 fully saturated rings. The second kappa shape index (κ2) is 6.91. The van der Waals surface area contributed by atoms with E-state index in [2.05, 4.69) is 5.32 Å². The third kappa shape index (κ3) is 3.95. The van der Waals surface area contributed by atoms with Crippen LogP contribution in [0.15, 0.2) is 42.5 Å². The summed E-state index contributed by atoms with van der Waals surface area (Å²) in [5.74, 6) is -1.46. The van der Waals surface area contributed by atoms with Crippen molar-refractivity contribution < 1.29 is 18.7 Å². The van der Waals surface area contributed by atoms with Gasteiger partial charge in [0.25, 0.3) is 11.8 Å². The molecule has 2 amide bonds. The highest BCUT2D eigenvalue weighted by Gasteiger charge is 2.14. The van der Waals surface area contributed by atoms with E-state index in [9.17, 15) is 14.0 Å². The minimum Gasteiger partial charge on any atom is -0.483 e. The van der Waals surface area contributed by atoms with Crippen molar-refractivity contribution in [3.05, 3.63) is 58.9 Å². The maximum Gasteiger partial charge on any atom is 0.259 e. The molecule has 3 N–H and O–H groups in total. The van der Waals surface area contributed by atoms with Crippen LogP contribution in [0.1, 0.15) is 10.4 Å². The molecule has 2 aromatic rings. The number of para-hydroxylation sites is 1. The normalized spacial score (nSPS) is 10.1. The van der Waals surface area contributed by atoms with E-state index in [4.69, 9.17) is 22.1 Å². The van der Waals surface area contributed by atoms with E-state index in [0.29, 0.717) is 0 Å². The molecule has 2 rings (SSSR count). The van der Waals surface area contributed by atoms with Gasteiger partial charge in [0.15, 0.2) is 6.61 Å². The molecule has 0 aliphatic carbocycles. The maximum atomic E-state index is 13.0. The van der Waals surface area contributed by atoms with Gasteiger partial charge >= 0.3 is 0 Å². The van der Waals surface area contributed by atoms with Gasteiger partial charge in [-0.2, -0.15) is 0 Å². The fraction of sp³-hybridized carbons (Fsp3) is 0.0667. The first-order valence-electron chi connectivity index (χ1n) is 6.24. The summed E-state index contributed by atoms with van der Waals surface area (Å²) in [6.07, 6.45) is 0. The molecule has 0 spiro atoms. The molecule has 0 bridgehead atoms. The standard InChI is InChI=1S/C15H12ClFN2O3/c16-11-7-9(17)5-6-12(11)19-15(21)10-3-1-2-4-13(10)22-8-14(18)20/h1-7H,8H2,(H2,18,20)(H,19,21). The van der Waals surface area contributed by atoms with Crippen LogP contribution in [0.3, 0.4) is 0 Å². The van der Waals surface area contributed by atoms with Crippen LogP contribution in [-0.2, 0) is 4.79 Å². The van der Waals surface area contributed by atoms with Crippen LogP contribution >= 0.6 is 11.6 Å². The summed E-state index contributed by atoms with van der Waals surface area (Å²) in [5.41, 5.74) is 5.47. The van der Waals surface area contributed by atoms with Crippen molar-refractivity contribution in [2.45, 2.75) is 0 Å². The van der Waals surface area contributed by atoms with Crippen LogP contribution in [-0.4, -0.2) is 18.4 Å². The van der Waals surface area contributed by atoms with Gasteiger partial charge in [0, 0.05) is 0 Å². The summed E-state index contributed by atoms with van der Waals surface area (Å²) >= 11 is 5.86. The van der Waals surface area contributed by atoms with Crippen LogP contribution in [0.5, 0.6) is 5.75 Å². The topological polar surface area (TPSA) is 81.4 Å². The van der Waals surface area contributed by atoms with E-state index in [1.165, 1.54) is 24.3 Å². The van der Waals surface area contributed by atoms with Crippen LogP contribution in [0.4, 0.5) is 10.1 Å². The van der Waals surface area contributed by atoms with Crippen LogP contribution in [0.25, 0.3) is 0 Å². The van der Waals surface area contributed by atoms with Crippen molar-refractivity contribution >= 4 is 29.1 Å². The zero-order valence-corrected chi connectivity index (χ0v) is 12.1. The molecule has 0 saturated heterocycles. The Morgan fingerprint density at radius 1 is 1.23 bits per heavy atom. The van der Waals surface area contributed by atoms with Gasteiger partial charge in [-0.25, -0.2) is 4.39 Å². The third-order valence-corrected chi connectivity index (χ3v) is 2.99. The first-order chi connectivity index (χ1) is 10.5. The predicted octanol–water partition coefficient (Wildman–Crippen LogP) is 2.60. The number of nitrogens with one attached hydrogen (secondary N) is 1. The zero-order chi connectivity index (χ0) is 16.1. The minimum atomic E-state index is -0.656. The summed E-state index contributed by atoms with van der Waals surface area (Å²) < 4.78 is 18.2. The Morgan fingerprint density at radius 3 is 2.64 bits per heavy atom. The van der Waals surface area contributed by atoms with Gasteiger partial charge in [0.05, 0.1) is 16.3 Å². The highest BCUT2D eigenvalue weighted by atomic mass is 35.5. The second-order valence-corrected chi connectivity index (χ2v) is 4.74. The van der Waals surface area contributed by atoms with Gasteiger partial charge in [0.2, 0.25) is 0 Å². The zero-order valence-electron chi connectivity index (χ0n) is 11.3. The Hall–Kier alpha value is -2.60. The molecule has 0 aliphatic heterocycles. The average molecular weight is 323 g/mol. The van der Waals surface area contributed by atoms with Crippen LogP contribution in [0, 0.1) is 5.82 Å². The Kier molecular flexibility index (Phi) is 4.95. The molecule has 0 saturated carbocycles. The molecule has 5 nitrogen and oxygen atoms in total. The fourth-order valence-electron chi connectivity index (χ4n) is 1.71. The molecule has 0 atom stereocenters. The lowest BCUT2D eigenvalue weighted by molar-refractivity contribution is -0.119. The molecule has 114 valence electrons. The molecule has 0 unspecified atom stereocenters. The van der Waals surface area contributed by atoms with E-state index in [0.717, 1.165) is 6.07 Å². The molecule has 2 aromatic carbocycles. The highest BCUT2D eigenvalue weighted by molar-refractivity contribution is 6.34. The van der Waals surface area contributed by atoms with E-state index in [-0.39, 0.29) is 28.6 Å².